The van der Waals surface area contributed by atoms with E-state index in [0.29, 0.717) is 12.8 Å². The first-order valence-electron chi connectivity index (χ1n) is 32.5. The van der Waals surface area contributed by atoms with E-state index in [1.165, 1.54) is 67.0 Å². The number of carbonyl (C=O) groups is 10. The molecule has 0 spiro atoms. The third-order valence-electron chi connectivity index (χ3n) is 14.9. The Morgan fingerprint density at radius 1 is 0.510 bits per heavy atom. The van der Waals surface area contributed by atoms with Gasteiger partial charge in [0.05, 0.1) is 38.4 Å². The van der Waals surface area contributed by atoms with Gasteiger partial charge in [-0.25, -0.2) is 43.3 Å². The molecule has 0 saturated heterocycles. The summed E-state index contributed by atoms with van der Waals surface area (Å²) < 4.78 is 30.7. The smallest absolute Gasteiger partial charge is 0.414 e. The van der Waals surface area contributed by atoms with Gasteiger partial charge < -0.3 is 64.6 Å². The number of nitrogens with zero attached hydrogens (tertiary/aromatic N) is 11. The fourth-order valence-electron chi connectivity index (χ4n) is 9.85. The number of alkyl carbamates (subject to hydrolysis) is 1. The summed E-state index contributed by atoms with van der Waals surface area (Å²) in [6.45, 7) is -1.79. The first-order chi connectivity index (χ1) is 49.5. The molecule has 534 valence electrons. The third kappa shape index (κ3) is 26.0. The van der Waals surface area contributed by atoms with Crippen molar-refractivity contribution >= 4 is 88.5 Å². The number of nitrogens with two attached hydrogens (primary N) is 1. The lowest BCUT2D eigenvalue weighted by Crippen LogP contribution is -2.54. The van der Waals surface area contributed by atoms with Crippen LogP contribution in [-0.4, -0.2) is 176 Å². The fourth-order valence-corrected chi connectivity index (χ4v) is 9.85. The van der Waals surface area contributed by atoms with Crippen LogP contribution in [-0.2, 0) is 98.5 Å². The maximum Gasteiger partial charge on any atom is 0.414 e. The summed E-state index contributed by atoms with van der Waals surface area (Å²) in [6.07, 6.45) is 5.91. The zero-order chi connectivity index (χ0) is 72.3. The van der Waals surface area contributed by atoms with Crippen LogP contribution >= 0.6 is 0 Å². The van der Waals surface area contributed by atoms with Gasteiger partial charge in [0, 0.05) is 57.4 Å². The number of esters is 1. The van der Waals surface area contributed by atoms with Gasteiger partial charge in [-0.1, -0.05) is 121 Å². The van der Waals surface area contributed by atoms with Gasteiger partial charge >= 0.3 is 30.3 Å². The molecule has 0 radical (unpaired) electrons. The van der Waals surface area contributed by atoms with Crippen LogP contribution in [0.1, 0.15) is 48.4 Å². The number of aromatic nitrogens is 8. The van der Waals surface area contributed by atoms with Crippen LogP contribution in [0.3, 0.4) is 0 Å². The maximum atomic E-state index is 14.7. The first-order valence-corrected chi connectivity index (χ1v) is 32.5. The summed E-state index contributed by atoms with van der Waals surface area (Å²) in [4.78, 5) is 160. The zero-order valence-electron chi connectivity index (χ0n) is 56.0. The number of imidazole rings is 1. The lowest BCUT2D eigenvalue weighted by Gasteiger charge is -2.29. The van der Waals surface area contributed by atoms with Crippen LogP contribution in [0.15, 0.2) is 171 Å². The molecule has 4 heterocycles. The van der Waals surface area contributed by atoms with Crippen molar-refractivity contribution in [2.24, 2.45) is 5.73 Å². The molecule has 0 saturated carbocycles. The van der Waals surface area contributed by atoms with Gasteiger partial charge in [0.2, 0.25) is 17.7 Å². The SMILES string of the molecule is CCOC(=O)CN(CCNC(=O)CN(CC(CCCCNC(=O)OCc1ccccc1)NC(=O)CN(CCN)C(=O)C[n+]1ccc(NC(=O)OCc2ccccc2)nc1)C(=O)C[n+]1ccc(NC(=O)OCc2ccccc2)nc1)C(=O)Cn1cnc2c(NC(=O)OCc3ccccc3)ncnc21. The molecule has 4 aromatic carbocycles. The van der Waals surface area contributed by atoms with E-state index >= 15 is 0 Å². The van der Waals surface area contributed by atoms with E-state index in [0.717, 1.165) is 33.5 Å². The van der Waals surface area contributed by atoms with E-state index in [4.69, 9.17) is 29.4 Å². The zero-order valence-corrected chi connectivity index (χ0v) is 56.0. The summed E-state index contributed by atoms with van der Waals surface area (Å²) in [6, 6.07) is 38.2. The van der Waals surface area contributed by atoms with Crippen LogP contribution in [0.2, 0.25) is 0 Å². The van der Waals surface area contributed by atoms with E-state index in [1.54, 1.807) is 67.6 Å². The minimum absolute atomic E-state index is 0.00324. The van der Waals surface area contributed by atoms with Gasteiger partial charge in [-0.3, -0.25) is 44.7 Å². The fraction of sp³-hybridized carbons (Fsp3) is 0.319. The van der Waals surface area contributed by atoms with Crippen molar-refractivity contribution in [3.05, 3.63) is 193 Å². The number of anilines is 3. The van der Waals surface area contributed by atoms with E-state index in [-0.39, 0.29) is 114 Å². The average Bonchev–Trinajstić information content (AvgIpc) is 1.65. The summed E-state index contributed by atoms with van der Waals surface area (Å²) >= 11 is 0. The van der Waals surface area contributed by atoms with Gasteiger partial charge in [-0.15, -0.1) is 0 Å². The highest BCUT2D eigenvalue weighted by molar-refractivity contribution is 5.94. The minimum Gasteiger partial charge on any atom is -0.465 e. The number of hydrogen-bond donors (Lipinski definition) is 7. The predicted octanol–water partition coefficient (Wildman–Crippen LogP) is 3.54. The Morgan fingerprint density at radius 3 is 1.52 bits per heavy atom. The highest BCUT2D eigenvalue weighted by Gasteiger charge is 2.28. The topological polar surface area (TPSA) is 402 Å². The minimum atomic E-state index is -0.911. The summed E-state index contributed by atoms with van der Waals surface area (Å²) in [7, 11) is 0. The van der Waals surface area contributed by atoms with Crippen molar-refractivity contribution in [2.45, 2.75) is 78.3 Å². The molecule has 9 amide bonds. The molecule has 1 unspecified atom stereocenters. The van der Waals surface area contributed by atoms with Crippen molar-refractivity contribution in [2.75, 3.05) is 81.5 Å². The molecule has 8 rings (SSSR count). The molecule has 33 nitrogen and oxygen atoms in total. The van der Waals surface area contributed by atoms with Crippen LogP contribution in [0, 0.1) is 0 Å². The monoisotopic (exact) mass is 1400 g/mol. The van der Waals surface area contributed by atoms with Gasteiger partial charge in [-0.2, -0.15) is 0 Å². The number of amides is 9. The Balaban J connectivity index is 0.955. The predicted molar refractivity (Wildman–Crippen MR) is 364 cm³/mol. The molecule has 0 aliphatic carbocycles. The van der Waals surface area contributed by atoms with E-state index in [1.807, 2.05) is 60.7 Å². The van der Waals surface area contributed by atoms with Crippen LogP contribution in [0.5, 0.6) is 0 Å². The summed E-state index contributed by atoms with van der Waals surface area (Å²) in [5, 5.41) is 16.0. The number of nitrogens with one attached hydrogen (secondary N) is 6. The van der Waals surface area contributed by atoms with Crippen molar-refractivity contribution < 1.29 is 80.8 Å². The van der Waals surface area contributed by atoms with E-state index in [9.17, 15) is 47.9 Å². The molecule has 0 aliphatic heterocycles. The molecule has 0 bridgehead atoms. The molecule has 0 aliphatic rings. The highest BCUT2D eigenvalue weighted by atomic mass is 16.6. The number of rotatable bonds is 37. The normalized spacial score (nSPS) is 11.0. The maximum absolute atomic E-state index is 14.7. The Labute approximate surface area is 586 Å². The summed E-state index contributed by atoms with van der Waals surface area (Å²) in [5.41, 5.74) is 9.34. The number of benzene rings is 4. The van der Waals surface area contributed by atoms with Crippen LogP contribution in [0.4, 0.5) is 36.6 Å². The molecule has 8 N–H and O–H groups in total. The summed E-state index contributed by atoms with van der Waals surface area (Å²) in [5.74, 6) is -3.65. The van der Waals surface area contributed by atoms with Crippen LogP contribution < -0.4 is 46.8 Å². The Morgan fingerprint density at radius 2 is 1.01 bits per heavy atom. The van der Waals surface area contributed by atoms with Crippen molar-refractivity contribution in [1.82, 2.24) is 60.1 Å². The Hall–Kier alpha value is -12.6. The Kier molecular flexibility index (Phi) is 29.8. The van der Waals surface area contributed by atoms with Crippen molar-refractivity contribution in [3.63, 3.8) is 0 Å². The molecule has 0 fully saturated rings. The number of fused-ring (bicyclic) bond motifs is 1. The molecular formula is C69H80N18O15+2. The molecule has 33 heteroatoms. The van der Waals surface area contributed by atoms with Crippen molar-refractivity contribution in [1.29, 1.82) is 0 Å². The number of ether oxygens (including phenoxy) is 5. The number of carbonyl (C=O) groups excluding carboxylic acids is 10. The van der Waals surface area contributed by atoms with Crippen LogP contribution in [0.25, 0.3) is 11.2 Å². The van der Waals surface area contributed by atoms with E-state index in [2.05, 4.69) is 56.8 Å². The molecule has 102 heavy (non-hydrogen) atoms. The molecule has 1 atom stereocenters. The van der Waals surface area contributed by atoms with Gasteiger partial charge in [0.25, 0.3) is 36.1 Å². The molecular weight excluding hydrogens is 1320 g/mol. The molecule has 8 aromatic rings. The quantitative estimate of drug-likeness (QED) is 0.0127. The molecule has 4 aromatic heterocycles. The van der Waals surface area contributed by atoms with Gasteiger partial charge in [0.1, 0.15) is 45.8 Å². The number of hydrogen-bond acceptors (Lipinski definition) is 21. The van der Waals surface area contributed by atoms with E-state index < -0.39 is 98.6 Å². The lowest BCUT2D eigenvalue weighted by atomic mass is 10.1. The average molecular weight is 1400 g/mol. The second-order valence-electron chi connectivity index (χ2n) is 22.7. The standard InChI is InChI=1S/C69H78N18O15/c1-2-98-62(93)41-85(61(92)40-87-49-77-63-64(73-46-74-65(63)87)81-69(97)102-45-53-23-13-6-14-24-53)34-30-71-57(88)36-86(60(91)39-83-32-27-56(76-48-83)80-68(96)101-44-52-21-11-5-12-22-52)35-54(25-15-16-29-72-66(94)99-42-50-17-7-3-8-18-50)78-58(89)37-84(33-28-70)59(90)38-82-31-26-55(75-47-82)79-67(95)100-43-51-19-9-4-10-20-51/h3-14,17-24,26-27,31-32,46-49,54H,2,15-16,25,28-30,33-45,70H2,1H3,(H4,71,72,73,74,78,81,88,89,94,97)/p+2. The number of unbranched alkanes of at least 4 members (excludes halogenated alkanes) is 1. The second-order valence-corrected chi connectivity index (χ2v) is 22.7. The largest absolute Gasteiger partial charge is 0.465 e. The lowest BCUT2D eigenvalue weighted by molar-refractivity contribution is -0.688. The first kappa shape index (κ1) is 75.2. The van der Waals surface area contributed by atoms with Gasteiger partial charge in [-0.05, 0) is 58.4 Å². The second kappa shape index (κ2) is 40.4. The third-order valence-corrected chi connectivity index (χ3v) is 14.9. The highest BCUT2D eigenvalue weighted by Crippen LogP contribution is 2.19. The van der Waals surface area contributed by atoms with Crippen molar-refractivity contribution in [3.8, 4) is 0 Å². The van der Waals surface area contributed by atoms with Gasteiger partial charge in [0.15, 0.2) is 30.1 Å². The Bertz CT molecular complexity index is 4050.